The molecule has 0 aromatic heterocycles. The van der Waals surface area contributed by atoms with Crippen molar-refractivity contribution >= 4 is 23.2 Å². The summed E-state index contributed by atoms with van der Waals surface area (Å²) in [6.07, 6.45) is 1.87. The van der Waals surface area contributed by atoms with Gasteiger partial charge in [-0.3, -0.25) is 0 Å². The zero-order valence-corrected chi connectivity index (χ0v) is 12.4. The largest absolute Gasteiger partial charge is 0.316 e. The van der Waals surface area contributed by atoms with Crippen LogP contribution in [0.2, 0.25) is 10.0 Å². The van der Waals surface area contributed by atoms with Crippen LogP contribution >= 0.6 is 23.2 Å². The molecule has 1 nitrogen and oxygen atoms in total. The van der Waals surface area contributed by atoms with Crippen LogP contribution in [0.4, 0.5) is 0 Å². The van der Waals surface area contributed by atoms with Gasteiger partial charge in [0.2, 0.25) is 0 Å². The lowest BCUT2D eigenvalue weighted by Crippen LogP contribution is -2.30. The van der Waals surface area contributed by atoms with E-state index in [4.69, 9.17) is 23.2 Å². The number of likely N-dealkylation sites (N-methyl/N-ethyl adjacent to an activating group) is 1. The molecule has 2 rings (SSSR count). The Labute approximate surface area is 124 Å². The summed E-state index contributed by atoms with van der Waals surface area (Å²) in [4.78, 5) is 0. The molecule has 1 unspecified atom stereocenters. The number of rotatable bonds is 5. The van der Waals surface area contributed by atoms with Crippen LogP contribution in [-0.2, 0) is 12.8 Å². The van der Waals surface area contributed by atoms with Crippen LogP contribution in [0.5, 0.6) is 0 Å². The van der Waals surface area contributed by atoms with Gasteiger partial charge in [0.25, 0.3) is 0 Å². The lowest BCUT2D eigenvalue weighted by atomic mass is 9.99. The summed E-state index contributed by atoms with van der Waals surface area (Å²) in [5.74, 6) is 0. The van der Waals surface area contributed by atoms with Gasteiger partial charge in [-0.2, -0.15) is 0 Å². The minimum absolute atomic E-state index is 0.362. The predicted octanol–water partition coefficient (Wildman–Crippen LogP) is 4.37. The van der Waals surface area contributed by atoms with Gasteiger partial charge in [-0.1, -0.05) is 59.6 Å². The molecule has 1 N–H and O–H groups in total. The van der Waals surface area contributed by atoms with E-state index >= 15 is 0 Å². The van der Waals surface area contributed by atoms with E-state index in [1.165, 1.54) is 5.56 Å². The number of nitrogens with one attached hydrogen (secondary N) is 1. The molecule has 0 bridgehead atoms. The SMILES string of the molecule is CNC(Cc1ccccc1)Cc1ccc(Cl)cc1Cl. The fraction of sp³-hybridized carbons (Fsp3) is 0.250. The van der Waals surface area contributed by atoms with Crippen molar-refractivity contribution in [2.75, 3.05) is 7.05 Å². The molecule has 100 valence electrons. The van der Waals surface area contributed by atoms with Crippen LogP contribution in [-0.4, -0.2) is 13.1 Å². The standard InChI is InChI=1S/C16H17Cl2N/c1-19-15(9-12-5-3-2-4-6-12)10-13-7-8-14(17)11-16(13)18/h2-8,11,15,19H,9-10H2,1H3. The second kappa shape index (κ2) is 6.95. The Balaban J connectivity index is 2.06. The van der Waals surface area contributed by atoms with Gasteiger partial charge in [0.15, 0.2) is 0 Å². The van der Waals surface area contributed by atoms with Crippen LogP contribution < -0.4 is 5.32 Å². The number of hydrogen-bond donors (Lipinski definition) is 1. The molecular weight excluding hydrogens is 277 g/mol. The normalized spacial score (nSPS) is 12.4. The average molecular weight is 294 g/mol. The minimum Gasteiger partial charge on any atom is -0.316 e. The second-order valence-corrected chi connectivity index (χ2v) is 5.46. The van der Waals surface area contributed by atoms with Gasteiger partial charge in [0.05, 0.1) is 0 Å². The van der Waals surface area contributed by atoms with Crippen molar-refractivity contribution in [1.29, 1.82) is 0 Å². The van der Waals surface area contributed by atoms with Crippen LogP contribution in [0.3, 0.4) is 0 Å². The van der Waals surface area contributed by atoms with E-state index in [9.17, 15) is 0 Å². The van der Waals surface area contributed by atoms with E-state index in [0.29, 0.717) is 11.1 Å². The summed E-state index contributed by atoms with van der Waals surface area (Å²) in [7, 11) is 1.98. The minimum atomic E-state index is 0.362. The molecule has 0 heterocycles. The monoisotopic (exact) mass is 293 g/mol. The first-order chi connectivity index (χ1) is 9.19. The Kier molecular flexibility index (Phi) is 5.26. The maximum Gasteiger partial charge on any atom is 0.0453 e. The zero-order valence-electron chi connectivity index (χ0n) is 10.9. The molecule has 2 aromatic rings. The van der Waals surface area contributed by atoms with E-state index in [2.05, 4.69) is 29.6 Å². The van der Waals surface area contributed by atoms with Crippen molar-refractivity contribution in [3.05, 3.63) is 69.7 Å². The highest BCUT2D eigenvalue weighted by atomic mass is 35.5. The lowest BCUT2D eigenvalue weighted by molar-refractivity contribution is 0.556. The van der Waals surface area contributed by atoms with Gasteiger partial charge in [0.1, 0.15) is 0 Å². The molecule has 0 spiro atoms. The first kappa shape index (κ1) is 14.4. The molecule has 0 fully saturated rings. The Morgan fingerprint density at radius 2 is 1.74 bits per heavy atom. The predicted molar refractivity (Wildman–Crippen MR) is 83.2 cm³/mol. The Bertz CT molecular complexity index is 526. The highest BCUT2D eigenvalue weighted by Gasteiger charge is 2.11. The van der Waals surface area contributed by atoms with Crippen molar-refractivity contribution in [3.63, 3.8) is 0 Å². The zero-order chi connectivity index (χ0) is 13.7. The summed E-state index contributed by atoms with van der Waals surface area (Å²) in [6, 6.07) is 16.5. The summed E-state index contributed by atoms with van der Waals surface area (Å²) < 4.78 is 0. The molecule has 0 aliphatic carbocycles. The van der Waals surface area contributed by atoms with Gasteiger partial charge in [0, 0.05) is 16.1 Å². The van der Waals surface area contributed by atoms with E-state index in [-0.39, 0.29) is 0 Å². The molecule has 1 atom stereocenters. The Morgan fingerprint density at radius 1 is 1.00 bits per heavy atom. The van der Waals surface area contributed by atoms with Crippen LogP contribution in [0.1, 0.15) is 11.1 Å². The van der Waals surface area contributed by atoms with Crippen LogP contribution in [0.15, 0.2) is 48.5 Å². The molecular formula is C16H17Cl2N. The third kappa shape index (κ3) is 4.24. The summed E-state index contributed by atoms with van der Waals surface area (Å²) in [6.45, 7) is 0. The van der Waals surface area contributed by atoms with Crippen molar-refractivity contribution < 1.29 is 0 Å². The highest BCUT2D eigenvalue weighted by molar-refractivity contribution is 6.35. The molecule has 2 aromatic carbocycles. The molecule has 0 radical (unpaired) electrons. The topological polar surface area (TPSA) is 12.0 Å². The van der Waals surface area contributed by atoms with Crippen molar-refractivity contribution in [2.45, 2.75) is 18.9 Å². The summed E-state index contributed by atoms with van der Waals surface area (Å²) in [5, 5.41) is 4.76. The van der Waals surface area contributed by atoms with Gasteiger partial charge < -0.3 is 5.32 Å². The Hall–Kier alpha value is -1.02. The lowest BCUT2D eigenvalue weighted by Gasteiger charge is -2.17. The van der Waals surface area contributed by atoms with Gasteiger partial charge in [-0.25, -0.2) is 0 Å². The number of benzene rings is 2. The van der Waals surface area contributed by atoms with Crippen LogP contribution in [0, 0.1) is 0 Å². The van der Waals surface area contributed by atoms with Crippen molar-refractivity contribution in [1.82, 2.24) is 5.32 Å². The molecule has 0 saturated heterocycles. The van der Waals surface area contributed by atoms with Crippen molar-refractivity contribution in [2.24, 2.45) is 0 Å². The average Bonchev–Trinajstić information content (AvgIpc) is 2.42. The summed E-state index contributed by atoms with van der Waals surface area (Å²) >= 11 is 12.1. The smallest absolute Gasteiger partial charge is 0.0453 e. The first-order valence-corrected chi connectivity index (χ1v) is 7.09. The van der Waals surface area contributed by atoms with E-state index < -0.39 is 0 Å². The maximum atomic E-state index is 6.22. The van der Waals surface area contributed by atoms with E-state index in [1.54, 1.807) is 6.07 Å². The maximum absolute atomic E-state index is 6.22. The first-order valence-electron chi connectivity index (χ1n) is 6.34. The highest BCUT2D eigenvalue weighted by Crippen LogP contribution is 2.22. The fourth-order valence-electron chi connectivity index (χ4n) is 2.13. The van der Waals surface area contributed by atoms with Gasteiger partial charge in [-0.05, 0) is 43.1 Å². The quantitative estimate of drug-likeness (QED) is 0.863. The summed E-state index contributed by atoms with van der Waals surface area (Å²) in [5.41, 5.74) is 2.45. The third-order valence-corrected chi connectivity index (χ3v) is 3.80. The molecule has 0 amide bonds. The number of halogens is 2. The van der Waals surface area contributed by atoms with E-state index in [0.717, 1.165) is 23.4 Å². The molecule has 0 aliphatic heterocycles. The van der Waals surface area contributed by atoms with Crippen molar-refractivity contribution in [3.8, 4) is 0 Å². The second-order valence-electron chi connectivity index (χ2n) is 4.62. The number of hydrogen-bond acceptors (Lipinski definition) is 1. The molecule has 0 aliphatic rings. The third-order valence-electron chi connectivity index (χ3n) is 3.21. The fourth-order valence-corrected chi connectivity index (χ4v) is 2.61. The van der Waals surface area contributed by atoms with Crippen LogP contribution in [0.25, 0.3) is 0 Å². The molecule has 3 heteroatoms. The molecule has 19 heavy (non-hydrogen) atoms. The Morgan fingerprint density at radius 3 is 2.37 bits per heavy atom. The van der Waals surface area contributed by atoms with E-state index in [1.807, 2.05) is 25.2 Å². The molecule has 0 saturated carbocycles. The van der Waals surface area contributed by atoms with Gasteiger partial charge in [-0.15, -0.1) is 0 Å². The van der Waals surface area contributed by atoms with Gasteiger partial charge >= 0.3 is 0 Å².